The quantitative estimate of drug-likeness (QED) is 0.276. The molecular formula is C29H25ClF3N3O3S. The van der Waals surface area contributed by atoms with Crippen molar-refractivity contribution in [3.63, 3.8) is 0 Å². The zero-order chi connectivity index (χ0) is 28.9. The van der Waals surface area contributed by atoms with Gasteiger partial charge >= 0.3 is 12.1 Å². The van der Waals surface area contributed by atoms with Gasteiger partial charge in [0.25, 0.3) is 5.56 Å². The molecule has 0 saturated heterocycles. The number of rotatable bonds is 5. The summed E-state index contributed by atoms with van der Waals surface area (Å²) in [5.74, 6) is -1.19. The molecule has 4 aromatic rings. The van der Waals surface area contributed by atoms with Crippen molar-refractivity contribution in [2.24, 2.45) is 4.99 Å². The number of carbonyl (C=O) groups excluding carboxylic acids is 1. The van der Waals surface area contributed by atoms with Gasteiger partial charge in [-0.2, -0.15) is 13.2 Å². The molecule has 1 aliphatic heterocycles. The summed E-state index contributed by atoms with van der Waals surface area (Å²) in [6.45, 7) is 7.40. The Morgan fingerprint density at radius 1 is 1.18 bits per heavy atom. The van der Waals surface area contributed by atoms with Crippen LogP contribution in [0.1, 0.15) is 49.7 Å². The van der Waals surface area contributed by atoms with Gasteiger partial charge in [0, 0.05) is 33.2 Å². The molecule has 0 aliphatic carbocycles. The number of hydrogen-bond acceptors (Lipinski definition) is 5. The van der Waals surface area contributed by atoms with E-state index >= 15 is 0 Å². The zero-order valence-electron chi connectivity index (χ0n) is 22.0. The second kappa shape index (κ2) is 10.4. The van der Waals surface area contributed by atoms with E-state index in [1.165, 1.54) is 31.2 Å². The molecule has 40 heavy (non-hydrogen) atoms. The summed E-state index contributed by atoms with van der Waals surface area (Å²) in [5.41, 5.74) is 0.265. The Bertz CT molecular complexity index is 1850. The second-order valence-corrected chi connectivity index (χ2v) is 11.0. The minimum Gasteiger partial charge on any atom is -0.463 e. The van der Waals surface area contributed by atoms with E-state index in [4.69, 9.17) is 16.3 Å². The van der Waals surface area contributed by atoms with Crippen molar-refractivity contribution in [1.82, 2.24) is 9.13 Å². The summed E-state index contributed by atoms with van der Waals surface area (Å²) in [5, 5.41) is 1.27. The Kier molecular flexibility index (Phi) is 7.26. The van der Waals surface area contributed by atoms with Gasteiger partial charge in [-0.15, -0.1) is 0 Å². The number of ether oxygens (including phenoxy) is 1. The number of esters is 1. The first-order valence-corrected chi connectivity index (χ1v) is 13.8. The first-order valence-electron chi connectivity index (χ1n) is 12.6. The maximum atomic E-state index is 14.3. The molecule has 6 nitrogen and oxygen atoms in total. The highest BCUT2D eigenvalue weighted by atomic mass is 35.5. The number of allylic oxidation sites excluding steroid dienone is 1. The zero-order valence-corrected chi connectivity index (χ0v) is 23.6. The molecule has 208 valence electrons. The lowest BCUT2D eigenvalue weighted by atomic mass is 9.95. The third-order valence-corrected chi connectivity index (χ3v) is 8.01. The molecule has 0 spiro atoms. The fraction of sp³-hybridized carbons (Fsp3) is 0.276. The topological polar surface area (TPSA) is 65.6 Å². The Balaban J connectivity index is 1.84. The number of para-hydroxylation sites is 1. The van der Waals surface area contributed by atoms with E-state index in [9.17, 15) is 22.8 Å². The number of carbonyl (C=O) groups is 1. The molecule has 0 N–H and O–H groups in total. The van der Waals surface area contributed by atoms with Crippen LogP contribution in [-0.2, 0) is 9.53 Å². The molecule has 0 bridgehead atoms. The van der Waals surface area contributed by atoms with E-state index < -0.39 is 35.0 Å². The van der Waals surface area contributed by atoms with Gasteiger partial charge < -0.3 is 9.30 Å². The third kappa shape index (κ3) is 4.69. The highest BCUT2D eigenvalue weighted by Crippen LogP contribution is 2.38. The molecule has 1 aliphatic rings. The van der Waals surface area contributed by atoms with E-state index in [0.717, 1.165) is 38.1 Å². The average Bonchev–Trinajstić information content (AvgIpc) is 3.36. The van der Waals surface area contributed by atoms with Crippen LogP contribution in [0.4, 0.5) is 13.2 Å². The number of alkyl halides is 3. The van der Waals surface area contributed by atoms with Crippen LogP contribution in [0.2, 0.25) is 5.02 Å². The monoisotopic (exact) mass is 587 g/mol. The Labute approximate surface area is 236 Å². The summed E-state index contributed by atoms with van der Waals surface area (Å²) in [7, 11) is 0. The molecule has 3 heterocycles. The highest BCUT2D eigenvalue weighted by Gasteiger charge is 2.45. The van der Waals surface area contributed by atoms with Gasteiger partial charge in [0.05, 0.1) is 22.8 Å². The molecule has 0 amide bonds. The predicted octanol–water partition coefficient (Wildman–Crippen LogP) is 5.84. The van der Waals surface area contributed by atoms with Crippen LogP contribution in [-0.4, -0.2) is 27.9 Å². The van der Waals surface area contributed by atoms with Gasteiger partial charge in [0.15, 0.2) is 10.5 Å². The van der Waals surface area contributed by atoms with Gasteiger partial charge in [-0.1, -0.05) is 53.3 Å². The van der Waals surface area contributed by atoms with Crippen molar-refractivity contribution in [2.45, 2.75) is 46.0 Å². The number of benzene rings is 2. The maximum Gasteiger partial charge on any atom is 0.434 e. The third-order valence-electron chi connectivity index (χ3n) is 6.78. The number of hydrogen-bond donors (Lipinski definition) is 0. The largest absolute Gasteiger partial charge is 0.463 e. The summed E-state index contributed by atoms with van der Waals surface area (Å²) in [6.07, 6.45) is -3.27. The van der Waals surface area contributed by atoms with Crippen molar-refractivity contribution in [2.75, 3.05) is 6.61 Å². The lowest BCUT2D eigenvalue weighted by Crippen LogP contribution is -2.41. The SMILES string of the molecule is CCOC(=O)C1=C(C(F)(F)F)N=c2s/c(=C\c3c(C)n(C(C)C)c4ccccc34)c(=O)n2[C@@H]1c1ccc(Cl)cc1. The summed E-state index contributed by atoms with van der Waals surface area (Å²) in [4.78, 5) is 30.6. The smallest absolute Gasteiger partial charge is 0.434 e. The van der Waals surface area contributed by atoms with Gasteiger partial charge in [-0.25, -0.2) is 9.79 Å². The Morgan fingerprint density at radius 3 is 2.48 bits per heavy atom. The van der Waals surface area contributed by atoms with Crippen molar-refractivity contribution in [1.29, 1.82) is 0 Å². The van der Waals surface area contributed by atoms with E-state index in [0.29, 0.717) is 5.02 Å². The van der Waals surface area contributed by atoms with Gasteiger partial charge in [0.1, 0.15) is 0 Å². The van der Waals surface area contributed by atoms with Crippen LogP contribution in [0.3, 0.4) is 0 Å². The molecule has 0 fully saturated rings. The molecular weight excluding hydrogens is 563 g/mol. The maximum absolute atomic E-state index is 14.3. The predicted molar refractivity (Wildman–Crippen MR) is 149 cm³/mol. The van der Waals surface area contributed by atoms with Crippen molar-refractivity contribution in [3.05, 3.63) is 101 Å². The Hall–Kier alpha value is -3.63. The lowest BCUT2D eigenvalue weighted by molar-refractivity contribution is -0.140. The molecule has 0 unspecified atom stereocenters. The van der Waals surface area contributed by atoms with Gasteiger partial charge in [0.2, 0.25) is 0 Å². The molecule has 0 radical (unpaired) electrons. The second-order valence-electron chi connectivity index (χ2n) is 9.59. The molecule has 1 atom stereocenters. The van der Waals surface area contributed by atoms with Crippen LogP contribution in [0.15, 0.2) is 69.6 Å². The van der Waals surface area contributed by atoms with Crippen LogP contribution in [0.5, 0.6) is 0 Å². The van der Waals surface area contributed by atoms with Gasteiger partial charge in [-0.05, 0) is 57.5 Å². The minimum absolute atomic E-state index is 0.139. The van der Waals surface area contributed by atoms with Crippen molar-refractivity contribution in [3.8, 4) is 0 Å². The number of halogens is 4. The van der Waals surface area contributed by atoms with E-state index in [-0.39, 0.29) is 27.5 Å². The fourth-order valence-electron chi connectivity index (χ4n) is 5.20. The van der Waals surface area contributed by atoms with Crippen molar-refractivity contribution < 1.29 is 22.7 Å². The van der Waals surface area contributed by atoms with Gasteiger partial charge in [-0.3, -0.25) is 9.36 Å². The first-order chi connectivity index (χ1) is 18.9. The number of fused-ring (bicyclic) bond motifs is 2. The molecule has 2 aromatic heterocycles. The van der Waals surface area contributed by atoms with Crippen LogP contribution in [0, 0.1) is 6.92 Å². The summed E-state index contributed by atoms with van der Waals surface area (Å²) < 4.78 is 51.5. The standard InChI is InChI=1S/C29H25ClF3N3O3S/c1-5-39-27(38)23-24(17-10-12-18(30)13-11-17)36-26(37)22(40-28(36)34-25(23)29(31,32)33)14-20-16(4)35(15(2)3)21-9-7-6-8-19(20)21/h6-15,24H,5H2,1-4H3/b22-14-/t24-/m1/s1. The highest BCUT2D eigenvalue weighted by molar-refractivity contribution is 7.07. The Morgan fingerprint density at radius 2 is 1.85 bits per heavy atom. The fourth-order valence-corrected chi connectivity index (χ4v) is 6.31. The first kappa shape index (κ1) is 27.9. The normalized spacial score (nSPS) is 16.0. The summed E-state index contributed by atoms with van der Waals surface area (Å²) >= 11 is 6.88. The van der Waals surface area contributed by atoms with Crippen LogP contribution >= 0.6 is 22.9 Å². The van der Waals surface area contributed by atoms with E-state index in [1.807, 2.05) is 31.2 Å². The van der Waals surface area contributed by atoms with E-state index in [1.54, 1.807) is 6.08 Å². The van der Waals surface area contributed by atoms with Crippen LogP contribution < -0.4 is 14.9 Å². The molecule has 5 rings (SSSR count). The van der Waals surface area contributed by atoms with E-state index in [2.05, 4.69) is 23.4 Å². The number of thiazole rings is 1. The van der Waals surface area contributed by atoms with Crippen molar-refractivity contribution >= 4 is 45.9 Å². The molecule has 0 saturated carbocycles. The number of aromatic nitrogens is 2. The van der Waals surface area contributed by atoms with Crippen LogP contribution in [0.25, 0.3) is 17.0 Å². The average molecular weight is 588 g/mol. The lowest BCUT2D eigenvalue weighted by Gasteiger charge is -2.26. The minimum atomic E-state index is -4.97. The molecule has 11 heteroatoms. The summed E-state index contributed by atoms with van der Waals surface area (Å²) in [6, 6.07) is 12.5. The number of nitrogens with zero attached hydrogens (tertiary/aromatic N) is 3. The molecule has 2 aromatic carbocycles.